The van der Waals surface area contributed by atoms with E-state index in [0.29, 0.717) is 18.1 Å². The molecule has 0 aromatic heterocycles. The number of rotatable bonds is 15. The highest BCUT2D eigenvalue weighted by Gasteiger charge is 2.34. The number of hydrogen-bond acceptors (Lipinski definition) is 5. The summed E-state index contributed by atoms with van der Waals surface area (Å²) in [6.45, 7) is 3.19. The van der Waals surface area contributed by atoms with Gasteiger partial charge in [-0.15, -0.1) is 0 Å². The lowest BCUT2D eigenvalue weighted by Gasteiger charge is -2.22. The van der Waals surface area contributed by atoms with E-state index < -0.39 is 6.61 Å². The van der Waals surface area contributed by atoms with Crippen molar-refractivity contribution in [1.82, 2.24) is 0 Å². The van der Waals surface area contributed by atoms with Gasteiger partial charge in [0.15, 0.2) is 5.78 Å². The Morgan fingerprint density at radius 3 is 2.64 bits per heavy atom. The molecular weight excluding hydrogens is 356 g/mol. The molecule has 0 aromatic rings. The second kappa shape index (κ2) is 14.5. The van der Waals surface area contributed by atoms with Crippen molar-refractivity contribution in [2.45, 2.75) is 97.0 Å². The van der Waals surface area contributed by atoms with Crippen molar-refractivity contribution >= 4 is 17.5 Å². The predicted octanol–water partition coefficient (Wildman–Crippen LogP) is 4.55. The molecule has 1 saturated carbocycles. The third-order valence-corrected chi connectivity index (χ3v) is 5.66. The first-order chi connectivity index (χ1) is 13.5. The molecular formula is C23H38O5. The van der Waals surface area contributed by atoms with E-state index in [-0.39, 0.29) is 23.8 Å². The summed E-state index contributed by atoms with van der Waals surface area (Å²) in [4.78, 5) is 34.7. The summed E-state index contributed by atoms with van der Waals surface area (Å²) >= 11 is 0. The fourth-order valence-electron chi connectivity index (χ4n) is 4.13. The Morgan fingerprint density at radius 1 is 1.18 bits per heavy atom. The first kappa shape index (κ1) is 24.5. The number of carbonyl (C=O) groups excluding carboxylic acids is 3. The van der Waals surface area contributed by atoms with Crippen LogP contribution in [0.15, 0.2) is 12.2 Å². The third-order valence-electron chi connectivity index (χ3n) is 5.66. The van der Waals surface area contributed by atoms with Gasteiger partial charge in [0.1, 0.15) is 18.5 Å². The van der Waals surface area contributed by atoms with E-state index in [9.17, 15) is 14.4 Å². The van der Waals surface area contributed by atoms with Gasteiger partial charge in [-0.05, 0) is 63.4 Å². The third kappa shape index (κ3) is 10.2. The standard InChI is InChI=1S/C23H38O5/c1-3-4-7-11-21(28-18(2)25)15-13-19-14-16-23(27)22(19)12-9-6-5-8-10-20(26)17-24/h8,10,19,21-22,24H,3-7,9,11-17H2,1-2H3/t19-,21-,22+/m0/s1. The number of ether oxygens (including phenoxy) is 1. The van der Waals surface area contributed by atoms with Crippen LogP contribution in [0.25, 0.3) is 0 Å². The molecule has 1 N–H and O–H groups in total. The monoisotopic (exact) mass is 394 g/mol. The van der Waals surface area contributed by atoms with Gasteiger partial charge < -0.3 is 9.84 Å². The summed E-state index contributed by atoms with van der Waals surface area (Å²) in [5.74, 6) is 0.437. The Bertz CT molecular complexity index is 511. The molecule has 0 radical (unpaired) electrons. The van der Waals surface area contributed by atoms with Gasteiger partial charge in [0.05, 0.1) is 0 Å². The van der Waals surface area contributed by atoms with Crippen molar-refractivity contribution in [2.75, 3.05) is 6.61 Å². The first-order valence-corrected chi connectivity index (χ1v) is 11.0. The number of aliphatic hydroxyl groups excluding tert-OH is 1. The van der Waals surface area contributed by atoms with Gasteiger partial charge in [0.2, 0.25) is 0 Å². The van der Waals surface area contributed by atoms with Gasteiger partial charge in [-0.2, -0.15) is 0 Å². The van der Waals surface area contributed by atoms with Crippen LogP contribution < -0.4 is 0 Å². The van der Waals surface area contributed by atoms with Crippen LogP contribution in [0.5, 0.6) is 0 Å². The van der Waals surface area contributed by atoms with Crippen molar-refractivity contribution in [3.8, 4) is 0 Å². The average molecular weight is 395 g/mol. The summed E-state index contributed by atoms with van der Waals surface area (Å²) in [5.41, 5.74) is 0. The summed E-state index contributed by atoms with van der Waals surface area (Å²) < 4.78 is 5.50. The molecule has 0 aromatic carbocycles. The van der Waals surface area contributed by atoms with E-state index >= 15 is 0 Å². The highest BCUT2D eigenvalue weighted by Crippen LogP contribution is 2.36. The van der Waals surface area contributed by atoms with Crippen LogP contribution in [0.4, 0.5) is 0 Å². The SMILES string of the molecule is CCCCC[C@@H](CC[C@H]1CCC(=O)[C@@H]1CCCCC=CC(=O)CO)OC(C)=O. The minimum atomic E-state index is -0.443. The number of unbranched alkanes of at least 4 members (excludes halogenated alkanes) is 4. The van der Waals surface area contributed by atoms with E-state index in [1.807, 2.05) is 0 Å². The molecule has 1 rings (SSSR count). The minimum absolute atomic E-state index is 0.0189. The molecule has 1 aliphatic rings. The van der Waals surface area contributed by atoms with E-state index in [2.05, 4.69) is 6.92 Å². The molecule has 0 heterocycles. The zero-order valence-corrected chi connectivity index (χ0v) is 17.7. The summed E-state index contributed by atoms with van der Waals surface area (Å²) in [6, 6.07) is 0. The van der Waals surface area contributed by atoms with E-state index in [1.54, 1.807) is 6.08 Å². The second-order valence-electron chi connectivity index (χ2n) is 7.99. The summed E-state index contributed by atoms with van der Waals surface area (Å²) in [7, 11) is 0. The Hall–Kier alpha value is -1.49. The molecule has 28 heavy (non-hydrogen) atoms. The normalized spacial score (nSPS) is 20.6. The van der Waals surface area contributed by atoms with Crippen LogP contribution in [-0.4, -0.2) is 35.4 Å². The maximum atomic E-state index is 12.3. The molecule has 0 aliphatic heterocycles. The number of ketones is 2. The maximum absolute atomic E-state index is 12.3. The van der Waals surface area contributed by atoms with Gasteiger partial charge in [0.25, 0.3) is 0 Å². The Balaban J connectivity index is 2.39. The lowest BCUT2D eigenvalue weighted by Crippen LogP contribution is -2.20. The molecule has 3 atom stereocenters. The molecule has 1 fully saturated rings. The number of hydrogen-bond donors (Lipinski definition) is 1. The Morgan fingerprint density at radius 2 is 1.96 bits per heavy atom. The molecule has 160 valence electrons. The summed E-state index contributed by atoms with van der Waals surface area (Å²) in [5, 5.41) is 8.67. The van der Waals surface area contributed by atoms with Gasteiger partial charge in [-0.1, -0.05) is 32.3 Å². The smallest absolute Gasteiger partial charge is 0.302 e. The lowest BCUT2D eigenvalue weighted by atomic mass is 9.86. The van der Waals surface area contributed by atoms with Crippen molar-refractivity contribution in [3.63, 3.8) is 0 Å². The van der Waals surface area contributed by atoms with Crippen LogP contribution in [0, 0.1) is 11.8 Å². The molecule has 1 aliphatic carbocycles. The fraction of sp³-hybridized carbons (Fsp3) is 0.783. The molecule has 0 unspecified atom stereocenters. The van der Waals surface area contributed by atoms with Crippen molar-refractivity contribution in [1.29, 1.82) is 0 Å². The second-order valence-corrected chi connectivity index (χ2v) is 7.99. The highest BCUT2D eigenvalue weighted by molar-refractivity contribution is 5.90. The van der Waals surface area contributed by atoms with Crippen LogP contribution >= 0.6 is 0 Å². The quantitative estimate of drug-likeness (QED) is 0.250. The Labute approximate surface area is 169 Å². The maximum Gasteiger partial charge on any atom is 0.302 e. The fourth-order valence-corrected chi connectivity index (χ4v) is 4.13. The molecule has 0 bridgehead atoms. The van der Waals surface area contributed by atoms with E-state index in [1.165, 1.54) is 13.0 Å². The molecule has 0 amide bonds. The van der Waals surface area contributed by atoms with Crippen LogP contribution in [0.1, 0.15) is 90.9 Å². The molecule has 0 saturated heterocycles. The number of allylic oxidation sites excluding steroid dienone is 1. The van der Waals surface area contributed by atoms with Crippen LogP contribution in [0.3, 0.4) is 0 Å². The topological polar surface area (TPSA) is 80.7 Å². The first-order valence-electron chi connectivity index (χ1n) is 11.0. The van der Waals surface area contributed by atoms with Gasteiger partial charge in [0, 0.05) is 19.3 Å². The highest BCUT2D eigenvalue weighted by atomic mass is 16.5. The van der Waals surface area contributed by atoms with Gasteiger partial charge in [-0.25, -0.2) is 0 Å². The molecule has 5 heteroatoms. The van der Waals surface area contributed by atoms with Crippen molar-refractivity contribution in [2.24, 2.45) is 11.8 Å². The zero-order chi connectivity index (χ0) is 20.8. The lowest BCUT2D eigenvalue weighted by molar-refractivity contribution is -0.147. The van der Waals surface area contributed by atoms with Crippen LogP contribution in [-0.2, 0) is 19.1 Å². The van der Waals surface area contributed by atoms with Gasteiger partial charge >= 0.3 is 5.97 Å². The number of Topliss-reactive ketones (excluding diaryl/α,β-unsaturated/α-hetero) is 1. The van der Waals surface area contributed by atoms with E-state index in [4.69, 9.17) is 9.84 Å². The molecule has 5 nitrogen and oxygen atoms in total. The van der Waals surface area contributed by atoms with Crippen molar-refractivity contribution in [3.05, 3.63) is 12.2 Å². The summed E-state index contributed by atoms with van der Waals surface area (Å²) in [6.07, 6.45) is 14.5. The zero-order valence-electron chi connectivity index (χ0n) is 17.7. The number of esters is 1. The van der Waals surface area contributed by atoms with Crippen LogP contribution in [0.2, 0.25) is 0 Å². The largest absolute Gasteiger partial charge is 0.463 e. The van der Waals surface area contributed by atoms with Gasteiger partial charge in [-0.3, -0.25) is 14.4 Å². The van der Waals surface area contributed by atoms with Crippen molar-refractivity contribution < 1.29 is 24.2 Å². The number of carbonyl (C=O) groups is 3. The predicted molar refractivity (Wildman–Crippen MR) is 110 cm³/mol. The Kier molecular flexibility index (Phi) is 12.7. The molecule has 0 spiro atoms. The minimum Gasteiger partial charge on any atom is -0.463 e. The number of aliphatic hydroxyl groups is 1. The van der Waals surface area contributed by atoms with E-state index in [0.717, 1.165) is 70.6 Å². The average Bonchev–Trinajstić information content (AvgIpc) is 3.01.